The van der Waals surface area contributed by atoms with E-state index in [9.17, 15) is 5.41 Å². The molecule has 0 amide bonds. The third-order valence-electron chi connectivity index (χ3n) is 11.9. The van der Waals surface area contributed by atoms with E-state index in [-0.39, 0.29) is 12.2 Å². The number of hydrogen-bond acceptors (Lipinski definition) is 4. The van der Waals surface area contributed by atoms with E-state index in [1.807, 2.05) is 12.1 Å². The summed E-state index contributed by atoms with van der Waals surface area (Å²) in [6.45, 7) is 0. The smallest absolute Gasteiger partial charge is 0.104 e. The fraction of sp³-hybridized carbons (Fsp3) is 0.0702. The van der Waals surface area contributed by atoms with Crippen molar-refractivity contribution in [2.45, 2.75) is 25.0 Å². The standard InChI is InChI=1S/C57H46N4/c58-55(46-23-12-4-13-24-46)54(45-21-10-3-11-22-45)56-53-48(37-50(59-56)42-17-6-1-7-18-42)27-16-28-49(53)41-33-29-39(30-34-41)40-31-35-44(36-32-40)52-38-51(43-19-8-2-9-20-43)60-57(61-52)47-25-14-5-15-26-47/h1-12,14-23,25-38,52,57-61H,13,24H2/b56-54-,58-55?. The lowest BCUT2D eigenvalue weighted by molar-refractivity contribution is 0.442. The molecule has 7 aromatic rings. The Hall–Kier alpha value is -7.53. The van der Waals surface area contributed by atoms with Gasteiger partial charge in [-0.05, 0) is 86.2 Å². The van der Waals surface area contributed by atoms with Crippen molar-refractivity contribution in [1.82, 2.24) is 16.0 Å². The molecule has 0 bridgehead atoms. The van der Waals surface area contributed by atoms with Crippen molar-refractivity contribution in [3.8, 4) is 22.3 Å². The van der Waals surface area contributed by atoms with Crippen molar-refractivity contribution in [3.63, 3.8) is 0 Å². The Labute approximate surface area is 358 Å². The van der Waals surface area contributed by atoms with Crippen LogP contribution in [0.2, 0.25) is 0 Å². The molecule has 4 heteroatoms. The van der Waals surface area contributed by atoms with Gasteiger partial charge in [0.25, 0.3) is 0 Å². The molecule has 4 nitrogen and oxygen atoms in total. The summed E-state index contributed by atoms with van der Waals surface area (Å²) in [6, 6.07) is 66.6. The van der Waals surface area contributed by atoms with Crippen molar-refractivity contribution in [3.05, 3.63) is 257 Å². The molecule has 0 saturated carbocycles. The molecule has 61 heavy (non-hydrogen) atoms. The molecule has 0 radical (unpaired) electrons. The molecule has 2 aliphatic heterocycles. The second-order valence-corrected chi connectivity index (χ2v) is 15.7. The van der Waals surface area contributed by atoms with Crippen molar-refractivity contribution >= 4 is 34.5 Å². The number of nitrogens with one attached hydrogen (secondary N) is 4. The van der Waals surface area contributed by atoms with Crippen molar-refractivity contribution < 1.29 is 0 Å². The van der Waals surface area contributed by atoms with Crippen LogP contribution in [0, 0.1) is 5.41 Å². The molecule has 0 saturated heterocycles. The van der Waals surface area contributed by atoms with Crippen LogP contribution >= 0.6 is 0 Å². The topological polar surface area (TPSA) is 59.9 Å². The second kappa shape index (κ2) is 17.0. The SMILES string of the molecule is N=C(C1=CC=CCC1)/C(=C1\NC(c2ccccc2)=Cc2cccc(-c3ccc(-c4ccc(C5C=C(c6ccccc6)NC(c6ccccc6)N5)cc4)cc3)c21)c1ccccc1. The van der Waals surface area contributed by atoms with Gasteiger partial charge in [0.15, 0.2) is 0 Å². The van der Waals surface area contributed by atoms with Gasteiger partial charge in [-0.1, -0.05) is 206 Å². The monoisotopic (exact) mass is 786 g/mol. The van der Waals surface area contributed by atoms with Gasteiger partial charge in [0.1, 0.15) is 6.17 Å². The molecular weight excluding hydrogens is 741 g/mol. The second-order valence-electron chi connectivity index (χ2n) is 15.7. The van der Waals surface area contributed by atoms with Gasteiger partial charge in [-0.25, -0.2) is 0 Å². The van der Waals surface area contributed by atoms with Gasteiger partial charge in [-0.15, -0.1) is 0 Å². The zero-order chi connectivity index (χ0) is 41.0. The first-order valence-corrected chi connectivity index (χ1v) is 21.1. The van der Waals surface area contributed by atoms with E-state index in [1.54, 1.807) is 0 Å². The zero-order valence-corrected chi connectivity index (χ0v) is 33.9. The molecule has 294 valence electrons. The van der Waals surface area contributed by atoms with Gasteiger partial charge in [0.2, 0.25) is 0 Å². The average molecular weight is 787 g/mol. The van der Waals surface area contributed by atoms with E-state index in [0.717, 1.165) is 80.0 Å². The number of allylic oxidation sites excluding steroid dienone is 5. The Balaban J connectivity index is 1.01. The molecule has 1 aliphatic carbocycles. The van der Waals surface area contributed by atoms with Gasteiger partial charge >= 0.3 is 0 Å². The van der Waals surface area contributed by atoms with Crippen molar-refractivity contribution in [2.24, 2.45) is 0 Å². The first kappa shape index (κ1) is 37.7. The first-order valence-electron chi connectivity index (χ1n) is 21.1. The predicted octanol–water partition coefficient (Wildman–Crippen LogP) is 13.3. The minimum Gasteiger partial charge on any atom is -0.366 e. The molecule has 0 fully saturated rings. The molecule has 4 N–H and O–H groups in total. The van der Waals surface area contributed by atoms with Gasteiger partial charge in [-0.2, -0.15) is 0 Å². The lowest BCUT2D eigenvalue weighted by Gasteiger charge is -2.33. The van der Waals surface area contributed by atoms with Gasteiger partial charge in [0, 0.05) is 22.5 Å². The maximum Gasteiger partial charge on any atom is 0.104 e. The van der Waals surface area contributed by atoms with E-state index in [0.29, 0.717) is 5.71 Å². The normalized spacial score (nSPS) is 17.7. The lowest BCUT2D eigenvalue weighted by atomic mass is 9.83. The fourth-order valence-electron chi connectivity index (χ4n) is 8.73. The molecule has 2 atom stereocenters. The van der Waals surface area contributed by atoms with E-state index >= 15 is 0 Å². The first-order chi connectivity index (χ1) is 30.2. The third-order valence-corrected chi connectivity index (χ3v) is 11.9. The summed E-state index contributed by atoms with van der Waals surface area (Å²) in [7, 11) is 0. The predicted molar refractivity (Wildman–Crippen MR) is 255 cm³/mol. The summed E-state index contributed by atoms with van der Waals surface area (Å²) in [5.74, 6) is 0. The maximum atomic E-state index is 9.77. The summed E-state index contributed by atoms with van der Waals surface area (Å²) >= 11 is 0. The largest absolute Gasteiger partial charge is 0.366 e. The summed E-state index contributed by atoms with van der Waals surface area (Å²) < 4.78 is 0. The molecule has 0 spiro atoms. The average Bonchev–Trinajstić information content (AvgIpc) is 3.35. The number of hydrogen-bond donors (Lipinski definition) is 4. The Morgan fingerprint density at radius 1 is 0.541 bits per heavy atom. The zero-order valence-electron chi connectivity index (χ0n) is 33.9. The summed E-state index contributed by atoms with van der Waals surface area (Å²) in [4.78, 5) is 0. The minimum atomic E-state index is -0.0239. The van der Waals surface area contributed by atoms with Crippen molar-refractivity contribution in [1.29, 1.82) is 5.41 Å². The van der Waals surface area contributed by atoms with Gasteiger partial charge in [0.05, 0.1) is 17.5 Å². The van der Waals surface area contributed by atoms with E-state index in [4.69, 9.17) is 0 Å². The van der Waals surface area contributed by atoms with Crippen LogP contribution in [0.5, 0.6) is 0 Å². The Kier molecular flexibility index (Phi) is 10.5. The summed E-state index contributed by atoms with van der Waals surface area (Å²) in [5, 5.41) is 21.2. The summed E-state index contributed by atoms with van der Waals surface area (Å²) in [6.07, 6.45) is 12.7. The maximum absolute atomic E-state index is 9.77. The Bertz CT molecular complexity index is 2850. The van der Waals surface area contributed by atoms with Gasteiger partial charge in [-0.3, -0.25) is 10.7 Å². The number of fused-ring (bicyclic) bond motifs is 1. The quantitative estimate of drug-likeness (QED) is 0.110. The molecule has 2 unspecified atom stereocenters. The Morgan fingerprint density at radius 2 is 1.15 bits per heavy atom. The Morgan fingerprint density at radius 3 is 1.80 bits per heavy atom. The van der Waals surface area contributed by atoms with Crippen molar-refractivity contribution in [2.75, 3.05) is 0 Å². The van der Waals surface area contributed by atoms with Crippen LogP contribution in [-0.2, 0) is 0 Å². The number of benzene rings is 7. The molecule has 2 heterocycles. The fourth-order valence-corrected chi connectivity index (χ4v) is 8.73. The van der Waals surface area contributed by atoms with Gasteiger partial charge < -0.3 is 10.6 Å². The van der Waals surface area contributed by atoms with Crippen LogP contribution in [0.25, 0.3) is 51.0 Å². The minimum absolute atomic E-state index is 0.0239. The third kappa shape index (κ3) is 7.85. The molecule has 7 aromatic carbocycles. The van der Waals surface area contributed by atoms with Crippen LogP contribution in [0.1, 0.15) is 64.0 Å². The molecule has 0 aromatic heterocycles. The van der Waals surface area contributed by atoms with Crippen LogP contribution < -0.4 is 16.0 Å². The van der Waals surface area contributed by atoms with E-state index in [2.05, 4.69) is 222 Å². The molecular formula is C57H46N4. The summed E-state index contributed by atoms with van der Waals surface area (Å²) in [5.41, 5.74) is 18.1. The van der Waals surface area contributed by atoms with E-state index < -0.39 is 0 Å². The highest BCUT2D eigenvalue weighted by Crippen LogP contribution is 2.42. The number of rotatable bonds is 9. The highest BCUT2D eigenvalue weighted by Gasteiger charge is 2.28. The molecule has 10 rings (SSSR count). The van der Waals surface area contributed by atoms with Crippen LogP contribution in [-0.4, -0.2) is 5.71 Å². The van der Waals surface area contributed by atoms with Crippen LogP contribution in [0.15, 0.2) is 218 Å². The highest BCUT2D eigenvalue weighted by molar-refractivity contribution is 6.36. The van der Waals surface area contributed by atoms with Crippen LogP contribution in [0.4, 0.5) is 0 Å². The highest BCUT2D eigenvalue weighted by atomic mass is 15.2. The lowest BCUT2D eigenvalue weighted by Crippen LogP contribution is -2.39. The van der Waals surface area contributed by atoms with Crippen LogP contribution in [0.3, 0.4) is 0 Å². The molecule has 3 aliphatic rings. The van der Waals surface area contributed by atoms with E-state index in [1.165, 1.54) is 22.3 Å².